The Bertz CT molecular complexity index is 909. The Balaban J connectivity index is 1.44. The standard InChI is InChI=1S/C19H17N3O4/c23-19(21-12-15-2-1-7-24-15)13-5-6-20-18(10-13)22-14-3-4-16-17(11-14)26-9-8-25-16/h1-7,10-11H,8-9,12H2,(H,20,22)(H,21,23). The van der Waals surface area contributed by atoms with Crippen molar-refractivity contribution in [1.82, 2.24) is 10.3 Å². The topological polar surface area (TPSA) is 85.6 Å². The first-order chi connectivity index (χ1) is 12.8. The normalized spacial score (nSPS) is 12.5. The van der Waals surface area contributed by atoms with Gasteiger partial charge in [-0.05, 0) is 36.4 Å². The van der Waals surface area contributed by atoms with Gasteiger partial charge in [0.25, 0.3) is 5.91 Å². The smallest absolute Gasteiger partial charge is 0.251 e. The summed E-state index contributed by atoms with van der Waals surface area (Å²) in [5, 5.41) is 5.98. The molecule has 0 fully saturated rings. The summed E-state index contributed by atoms with van der Waals surface area (Å²) in [5.41, 5.74) is 1.31. The van der Waals surface area contributed by atoms with Crippen molar-refractivity contribution in [2.24, 2.45) is 0 Å². The van der Waals surface area contributed by atoms with Gasteiger partial charge in [-0.1, -0.05) is 0 Å². The molecule has 1 amide bonds. The molecule has 0 spiro atoms. The van der Waals surface area contributed by atoms with Gasteiger partial charge in [0.1, 0.15) is 24.8 Å². The molecule has 7 nitrogen and oxygen atoms in total. The van der Waals surface area contributed by atoms with Crippen LogP contribution in [-0.4, -0.2) is 24.1 Å². The third-order valence-electron chi connectivity index (χ3n) is 3.84. The average molecular weight is 351 g/mol. The summed E-state index contributed by atoms with van der Waals surface area (Å²) in [6, 6.07) is 12.5. The lowest BCUT2D eigenvalue weighted by atomic mass is 10.2. The van der Waals surface area contributed by atoms with Crippen LogP contribution in [0.4, 0.5) is 11.5 Å². The Morgan fingerprint density at radius 1 is 1.08 bits per heavy atom. The molecule has 2 aromatic heterocycles. The number of pyridine rings is 1. The quantitative estimate of drug-likeness (QED) is 0.735. The Labute approximate surface area is 150 Å². The Kier molecular flexibility index (Phi) is 4.42. The molecule has 1 aromatic carbocycles. The second-order valence-corrected chi connectivity index (χ2v) is 5.68. The molecule has 0 saturated heterocycles. The summed E-state index contributed by atoms with van der Waals surface area (Å²) < 4.78 is 16.3. The highest BCUT2D eigenvalue weighted by Crippen LogP contribution is 2.33. The van der Waals surface area contributed by atoms with Crippen LogP contribution in [-0.2, 0) is 6.54 Å². The largest absolute Gasteiger partial charge is 0.486 e. The summed E-state index contributed by atoms with van der Waals surface area (Å²) >= 11 is 0. The number of hydrogen-bond acceptors (Lipinski definition) is 6. The number of furan rings is 1. The van der Waals surface area contributed by atoms with Crippen molar-refractivity contribution < 1.29 is 18.7 Å². The minimum absolute atomic E-state index is 0.200. The van der Waals surface area contributed by atoms with Crippen molar-refractivity contribution in [3.63, 3.8) is 0 Å². The predicted octanol–water partition coefficient (Wildman–Crippen LogP) is 3.12. The van der Waals surface area contributed by atoms with Gasteiger partial charge in [-0.25, -0.2) is 4.98 Å². The number of carbonyl (C=O) groups excluding carboxylic acids is 1. The number of carbonyl (C=O) groups is 1. The first-order valence-electron chi connectivity index (χ1n) is 8.21. The number of nitrogens with zero attached hydrogens (tertiary/aromatic N) is 1. The lowest BCUT2D eigenvalue weighted by molar-refractivity contribution is 0.0948. The van der Waals surface area contributed by atoms with Crippen molar-refractivity contribution in [2.75, 3.05) is 18.5 Å². The van der Waals surface area contributed by atoms with Crippen molar-refractivity contribution in [1.29, 1.82) is 0 Å². The van der Waals surface area contributed by atoms with E-state index < -0.39 is 0 Å². The van der Waals surface area contributed by atoms with Crippen LogP contribution in [0.15, 0.2) is 59.3 Å². The third-order valence-corrected chi connectivity index (χ3v) is 3.84. The molecule has 26 heavy (non-hydrogen) atoms. The number of hydrogen-bond donors (Lipinski definition) is 2. The first-order valence-corrected chi connectivity index (χ1v) is 8.21. The zero-order valence-electron chi connectivity index (χ0n) is 13.9. The minimum atomic E-state index is -0.200. The van der Waals surface area contributed by atoms with E-state index >= 15 is 0 Å². The van der Waals surface area contributed by atoms with E-state index in [2.05, 4.69) is 15.6 Å². The van der Waals surface area contributed by atoms with E-state index in [9.17, 15) is 4.79 Å². The van der Waals surface area contributed by atoms with Gasteiger partial charge in [-0.2, -0.15) is 0 Å². The lowest BCUT2D eigenvalue weighted by Gasteiger charge is -2.19. The molecule has 3 heterocycles. The highest BCUT2D eigenvalue weighted by Gasteiger charge is 2.12. The van der Waals surface area contributed by atoms with Crippen LogP contribution in [0.2, 0.25) is 0 Å². The van der Waals surface area contributed by atoms with Crippen LogP contribution in [0.5, 0.6) is 11.5 Å². The number of fused-ring (bicyclic) bond motifs is 1. The van der Waals surface area contributed by atoms with Gasteiger partial charge in [-0.15, -0.1) is 0 Å². The van der Waals surface area contributed by atoms with Gasteiger partial charge in [0.05, 0.1) is 12.8 Å². The fourth-order valence-corrected chi connectivity index (χ4v) is 2.59. The van der Waals surface area contributed by atoms with Crippen LogP contribution in [0.1, 0.15) is 16.1 Å². The molecule has 1 aliphatic heterocycles. The molecule has 132 valence electrons. The van der Waals surface area contributed by atoms with Crippen molar-refractivity contribution >= 4 is 17.4 Å². The molecule has 1 aliphatic rings. The van der Waals surface area contributed by atoms with E-state index in [1.54, 1.807) is 30.7 Å². The van der Waals surface area contributed by atoms with Crippen molar-refractivity contribution in [2.45, 2.75) is 6.54 Å². The summed E-state index contributed by atoms with van der Waals surface area (Å²) in [6.45, 7) is 1.41. The number of anilines is 2. The molecule has 2 N–H and O–H groups in total. The number of amides is 1. The number of nitrogens with one attached hydrogen (secondary N) is 2. The second-order valence-electron chi connectivity index (χ2n) is 5.68. The Morgan fingerprint density at radius 2 is 1.96 bits per heavy atom. The van der Waals surface area contributed by atoms with E-state index in [1.807, 2.05) is 24.3 Å². The van der Waals surface area contributed by atoms with E-state index in [4.69, 9.17) is 13.9 Å². The molecule has 0 radical (unpaired) electrons. The predicted molar refractivity (Wildman–Crippen MR) is 94.8 cm³/mol. The molecular weight excluding hydrogens is 334 g/mol. The molecular formula is C19H17N3O4. The number of rotatable bonds is 5. The summed E-state index contributed by atoms with van der Waals surface area (Å²) in [5.74, 6) is 2.47. The van der Waals surface area contributed by atoms with Gasteiger partial charge in [0.2, 0.25) is 0 Å². The molecule has 0 bridgehead atoms. The van der Waals surface area contributed by atoms with Crippen LogP contribution in [0, 0.1) is 0 Å². The maximum atomic E-state index is 12.3. The van der Waals surface area contributed by atoms with Crippen LogP contribution < -0.4 is 20.1 Å². The zero-order valence-corrected chi connectivity index (χ0v) is 13.9. The molecule has 0 aliphatic carbocycles. The Hall–Kier alpha value is -3.48. The minimum Gasteiger partial charge on any atom is -0.486 e. The SMILES string of the molecule is O=C(NCc1ccco1)c1ccnc(Nc2ccc3c(c2)OCCO3)c1. The van der Waals surface area contributed by atoms with Gasteiger partial charge in [0, 0.05) is 23.5 Å². The summed E-state index contributed by atoms with van der Waals surface area (Å²) in [7, 11) is 0. The van der Waals surface area contributed by atoms with Crippen molar-refractivity contribution in [3.8, 4) is 11.5 Å². The molecule has 4 rings (SSSR count). The van der Waals surface area contributed by atoms with Gasteiger partial charge in [-0.3, -0.25) is 4.79 Å². The van der Waals surface area contributed by atoms with Gasteiger partial charge >= 0.3 is 0 Å². The number of benzene rings is 1. The van der Waals surface area contributed by atoms with Crippen LogP contribution >= 0.6 is 0 Å². The fraction of sp³-hybridized carbons (Fsp3) is 0.158. The summed E-state index contributed by atoms with van der Waals surface area (Å²) in [4.78, 5) is 16.5. The van der Waals surface area contributed by atoms with E-state index in [-0.39, 0.29) is 5.91 Å². The monoisotopic (exact) mass is 351 g/mol. The first kappa shape index (κ1) is 16.0. The second kappa shape index (κ2) is 7.18. The molecule has 3 aromatic rings. The van der Waals surface area contributed by atoms with Crippen molar-refractivity contribution in [3.05, 3.63) is 66.2 Å². The number of aromatic nitrogens is 1. The van der Waals surface area contributed by atoms with Gasteiger partial charge in [0.15, 0.2) is 11.5 Å². The van der Waals surface area contributed by atoms with Gasteiger partial charge < -0.3 is 24.5 Å². The highest BCUT2D eigenvalue weighted by atomic mass is 16.6. The molecule has 7 heteroatoms. The third kappa shape index (κ3) is 3.61. The van der Waals surface area contributed by atoms with Crippen LogP contribution in [0.25, 0.3) is 0 Å². The van der Waals surface area contributed by atoms with E-state index in [1.165, 1.54) is 0 Å². The van der Waals surface area contributed by atoms with Crippen LogP contribution in [0.3, 0.4) is 0 Å². The zero-order chi connectivity index (χ0) is 17.8. The fourth-order valence-electron chi connectivity index (χ4n) is 2.59. The lowest BCUT2D eigenvalue weighted by Crippen LogP contribution is -2.22. The highest BCUT2D eigenvalue weighted by molar-refractivity contribution is 5.94. The Morgan fingerprint density at radius 3 is 2.81 bits per heavy atom. The molecule has 0 atom stereocenters. The molecule has 0 saturated carbocycles. The number of ether oxygens (including phenoxy) is 2. The van der Waals surface area contributed by atoms with E-state index in [0.717, 1.165) is 11.4 Å². The molecule has 0 unspecified atom stereocenters. The maximum absolute atomic E-state index is 12.3. The maximum Gasteiger partial charge on any atom is 0.251 e. The average Bonchev–Trinajstić information content (AvgIpc) is 3.20. The van der Waals surface area contributed by atoms with E-state index in [0.29, 0.717) is 42.6 Å². The summed E-state index contributed by atoms with van der Waals surface area (Å²) in [6.07, 6.45) is 3.16.